The van der Waals surface area contributed by atoms with Crippen LogP contribution in [-0.4, -0.2) is 63.1 Å². The molecule has 2 aromatic carbocycles. The summed E-state index contributed by atoms with van der Waals surface area (Å²) >= 11 is 12.5. The Morgan fingerprint density at radius 3 is 2.29 bits per heavy atom. The molecule has 0 aliphatic carbocycles. The quantitative estimate of drug-likeness (QED) is 0.357. The SMILES string of the molecule is CNC(=O)C(C)N(Cc1c(Cl)cccc1Cl)C(=O)CN(c1cc([N+](=O)[O-])ccc1OC)S(C)(=O)=O. The lowest BCUT2D eigenvalue weighted by molar-refractivity contribution is -0.384. The Labute approximate surface area is 212 Å². The van der Waals surface area contributed by atoms with E-state index in [4.69, 9.17) is 27.9 Å². The van der Waals surface area contributed by atoms with E-state index < -0.39 is 45.0 Å². The van der Waals surface area contributed by atoms with Gasteiger partial charge >= 0.3 is 0 Å². The summed E-state index contributed by atoms with van der Waals surface area (Å²) in [6, 6.07) is 7.06. The molecule has 190 valence electrons. The van der Waals surface area contributed by atoms with Crippen molar-refractivity contribution in [2.24, 2.45) is 0 Å². The number of nitrogens with one attached hydrogen (secondary N) is 1. The maximum atomic E-state index is 13.5. The number of amides is 2. The molecule has 2 amide bonds. The maximum absolute atomic E-state index is 13.5. The number of rotatable bonds is 10. The number of carbonyl (C=O) groups excluding carboxylic acids is 2. The van der Waals surface area contributed by atoms with E-state index in [2.05, 4.69) is 5.32 Å². The number of benzene rings is 2. The molecule has 2 rings (SSSR count). The molecule has 0 aliphatic rings. The lowest BCUT2D eigenvalue weighted by Crippen LogP contribution is -2.50. The summed E-state index contributed by atoms with van der Waals surface area (Å²) in [6.45, 7) is 0.482. The zero-order valence-electron chi connectivity index (χ0n) is 19.3. The molecule has 35 heavy (non-hydrogen) atoms. The van der Waals surface area contributed by atoms with Gasteiger partial charge in [-0.3, -0.25) is 24.0 Å². The summed E-state index contributed by atoms with van der Waals surface area (Å²) < 4.78 is 31.2. The van der Waals surface area contributed by atoms with Crippen LogP contribution in [0.1, 0.15) is 12.5 Å². The van der Waals surface area contributed by atoms with Crippen molar-refractivity contribution in [2.45, 2.75) is 19.5 Å². The molecular weight excluding hydrogens is 523 g/mol. The highest BCUT2D eigenvalue weighted by Crippen LogP contribution is 2.34. The average molecular weight is 547 g/mol. The lowest BCUT2D eigenvalue weighted by Gasteiger charge is -2.32. The van der Waals surface area contributed by atoms with Gasteiger partial charge in [-0.2, -0.15) is 0 Å². The van der Waals surface area contributed by atoms with Crippen LogP contribution >= 0.6 is 23.2 Å². The number of carbonyl (C=O) groups is 2. The number of hydrogen-bond acceptors (Lipinski definition) is 7. The fourth-order valence-electron chi connectivity index (χ4n) is 3.23. The molecule has 0 bridgehead atoms. The first-order chi connectivity index (χ1) is 16.3. The molecule has 1 unspecified atom stereocenters. The first-order valence-electron chi connectivity index (χ1n) is 10.1. The number of nitro groups is 1. The third-order valence-corrected chi connectivity index (χ3v) is 6.96. The molecular formula is C21H24Cl2N4O7S. The van der Waals surface area contributed by atoms with Gasteiger partial charge in [0.1, 0.15) is 24.0 Å². The van der Waals surface area contributed by atoms with E-state index in [1.807, 2.05) is 0 Å². The maximum Gasteiger partial charge on any atom is 0.271 e. The Balaban J connectivity index is 2.57. The Hall–Kier alpha value is -3.09. The first-order valence-corrected chi connectivity index (χ1v) is 12.7. The number of nitrogens with zero attached hydrogens (tertiary/aromatic N) is 3. The van der Waals surface area contributed by atoms with Crippen LogP contribution in [0, 0.1) is 10.1 Å². The van der Waals surface area contributed by atoms with E-state index >= 15 is 0 Å². The first kappa shape index (κ1) is 28.1. The van der Waals surface area contributed by atoms with Gasteiger partial charge in [-0.05, 0) is 25.1 Å². The van der Waals surface area contributed by atoms with Crippen LogP contribution < -0.4 is 14.4 Å². The highest BCUT2D eigenvalue weighted by molar-refractivity contribution is 7.92. The number of hydrogen-bond donors (Lipinski definition) is 1. The van der Waals surface area contributed by atoms with E-state index in [0.717, 1.165) is 23.3 Å². The van der Waals surface area contributed by atoms with E-state index in [1.54, 1.807) is 18.2 Å². The zero-order chi connectivity index (χ0) is 26.5. The summed E-state index contributed by atoms with van der Waals surface area (Å²) in [4.78, 5) is 37.5. The van der Waals surface area contributed by atoms with Crippen LogP contribution in [0.4, 0.5) is 11.4 Å². The standard InChI is InChI=1S/C21H24Cl2N4O7S/c1-13(21(29)24-2)25(11-15-16(22)6-5-7-17(15)23)20(28)12-26(35(4,32)33)18-10-14(27(30)31)8-9-19(18)34-3/h5-10,13H,11-12H2,1-4H3,(H,24,29). The molecule has 0 fully saturated rings. The highest BCUT2D eigenvalue weighted by Gasteiger charge is 2.32. The van der Waals surface area contributed by atoms with E-state index in [1.165, 1.54) is 27.1 Å². The third kappa shape index (κ3) is 6.74. The van der Waals surface area contributed by atoms with E-state index in [0.29, 0.717) is 9.87 Å². The number of halogens is 2. The van der Waals surface area contributed by atoms with Crippen molar-refractivity contribution in [1.82, 2.24) is 10.2 Å². The van der Waals surface area contributed by atoms with Crippen molar-refractivity contribution >= 4 is 56.4 Å². The van der Waals surface area contributed by atoms with Crippen molar-refractivity contribution in [2.75, 3.05) is 31.3 Å². The number of likely N-dealkylation sites (N-methyl/N-ethyl adjacent to an activating group) is 1. The second-order valence-corrected chi connectivity index (χ2v) is 10.1. The van der Waals surface area contributed by atoms with Gasteiger partial charge in [-0.1, -0.05) is 29.3 Å². The number of methoxy groups -OCH3 is 1. The van der Waals surface area contributed by atoms with Crippen LogP contribution in [0.15, 0.2) is 36.4 Å². The van der Waals surface area contributed by atoms with E-state index in [-0.39, 0.29) is 28.0 Å². The highest BCUT2D eigenvalue weighted by atomic mass is 35.5. The zero-order valence-corrected chi connectivity index (χ0v) is 21.6. The van der Waals surface area contributed by atoms with Gasteiger partial charge in [0, 0.05) is 41.3 Å². The molecule has 0 spiro atoms. The van der Waals surface area contributed by atoms with Gasteiger partial charge in [0.15, 0.2) is 0 Å². The van der Waals surface area contributed by atoms with Gasteiger partial charge in [0.2, 0.25) is 21.8 Å². The molecule has 14 heteroatoms. The normalized spacial score (nSPS) is 11.9. The van der Waals surface area contributed by atoms with Crippen molar-refractivity contribution in [3.8, 4) is 5.75 Å². The minimum atomic E-state index is -4.13. The Morgan fingerprint density at radius 1 is 1.20 bits per heavy atom. The summed E-state index contributed by atoms with van der Waals surface area (Å²) in [5, 5.41) is 14.2. The Morgan fingerprint density at radius 2 is 1.80 bits per heavy atom. The van der Waals surface area contributed by atoms with Crippen molar-refractivity contribution in [3.05, 3.63) is 62.1 Å². The molecule has 1 N–H and O–H groups in total. The third-order valence-electron chi connectivity index (χ3n) is 5.12. The minimum Gasteiger partial charge on any atom is -0.495 e. The van der Waals surface area contributed by atoms with Crippen molar-refractivity contribution < 1.29 is 27.7 Å². The molecule has 1 atom stereocenters. The minimum absolute atomic E-state index is 0.00567. The summed E-state index contributed by atoms with van der Waals surface area (Å²) in [6.07, 6.45) is 0.843. The van der Waals surface area contributed by atoms with Crippen molar-refractivity contribution in [1.29, 1.82) is 0 Å². The average Bonchev–Trinajstić information content (AvgIpc) is 2.80. The van der Waals surface area contributed by atoms with Crippen molar-refractivity contribution in [3.63, 3.8) is 0 Å². The largest absolute Gasteiger partial charge is 0.495 e. The van der Waals surface area contributed by atoms with Gasteiger partial charge in [0.05, 0.1) is 18.3 Å². The van der Waals surface area contributed by atoms with Gasteiger partial charge in [-0.15, -0.1) is 0 Å². The Kier molecular flexibility index (Phi) is 9.30. The number of nitro benzene ring substituents is 1. The second-order valence-electron chi connectivity index (χ2n) is 7.39. The summed E-state index contributed by atoms with van der Waals surface area (Å²) in [5.74, 6) is -1.30. The predicted molar refractivity (Wildman–Crippen MR) is 132 cm³/mol. The number of non-ortho nitro benzene ring substituents is 1. The fourth-order valence-corrected chi connectivity index (χ4v) is 4.59. The smallest absolute Gasteiger partial charge is 0.271 e. The van der Waals surface area contributed by atoms with Gasteiger partial charge < -0.3 is 15.0 Å². The molecule has 0 saturated carbocycles. The molecule has 0 aromatic heterocycles. The van der Waals surface area contributed by atoms with Crippen LogP contribution in [0.2, 0.25) is 10.0 Å². The summed E-state index contributed by atoms with van der Waals surface area (Å²) in [7, 11) is -1.49. The second kappa shape index (κ2) is 11.6. The molecule has 0 aliphatic heterocycles. The molecule has 2 aromatic rings. The number of sulfonamides is 1. The monoisotopic (exact) mass is 546 g/mol. The summed E-state index contributed by atoms with van der Waals surface area (Å²) in [5.41, 5.74) is -0.250. The molecule has 11 nitrogen and oxygen atoms in total. The Bertz CT molecular complexity index is 1220. The number of anilines is 1. The van der Waals surface area contributed by atoms with Gasteiger partial charge in [0.25, 0.3) is 5.69 Å². The topological polar surface area (TPSA) is 139 Å². The molecule has 0 saturated heterocycles. The van der Waals surface area contributed by atoms with Crippen LogP contribution in [0.3, 0.4) is 0 Å². The van der Waals surface area contributed by atoms with Crippen LogP contribution in [0.25, 0.3) is 0 Å². The fraction of sp³-hybridized carbons (Fsp3) is 0.333. The van der Waals surface area contributed by atoms with Crippen LogP contribution in [0.5, 0.6) is 5.75 Å². The van der Waals surface area contributed by atoms with E-state index in [9.17, 15) is 28.1 Å². The lowest BCUT2D eigenvalue weighted by atomic mass is 10.1. The predicted octanol–water partition coefficient (Wildman–Crippen LogP) is 2.84. The molecule has 0 heterocycles. The van der Waals surface area contributed by atoms with Gasteiger partial charge in [-0.25, -0.2) is 8.42 Å². The van der Waals surface area contributed by atoms with Crippen LogP contribution in [-0.2, 0) is 26.2 Å². The number of ether oxygens (including phenoxy) is 1. The molecule has 0 radical (unpaired) electrons.